The average Bonchev–Trinajstić information content (AvgIpc) is 3.16. The highest BCUT2D eigenvalue weighted by Crippen LogP contribution is 2.51. The Labute approximate surface area is 224 Å². The fraction of sp³-hybridized carbons (Fsp3) is 0.483. The molecule has 1 N–H and O–H groups in total. The van der Waals surface area contributed by atoms with Crippen molar-refractivity contribution in [1.29, 1.82) is 0 Å². The summed E-state index contributed by atoms with van der Waals surface area (Å²) in [6.07, 6.45) is 0.565. The number of anilines is 1. The quantitative estimate of drug-likeness (QED) is 0.475. The van der Waals surface area contributed by atoms with E-state index in [1.165, 1.54) is 17.4 Å². The molecule has 7 nitrogen and oxygen atoms in total. The second-order valence-electron chi connectivity index (χ2n) is 11.5. The molecule has 1 amide bonds. The van der Waals surface area contributed by atoms with Crippen molar-refractivity contribution in [3.8, 4) is 0 Å². The number of amides is 1. The van der Waals surface area contributed by atoms with E-state index in [4.69, 9.17) is 4.74 Å². The lowest BCUT2D eigenvalue weighted by Gasteiger charge is -2.33. The van der Waals surface area contributed by atoms with Crippen LogP contribution in [-0.2, 0) is 31.1 Å². The molecule has 0 radical (unpaired) electrons. The molecule has 4 aliphatic rings. The molecule has 0 spiro atoms. The van der Waals surface area contributed by atoms with Crippen molar-refractivity contribution >= 4 is 11.6 Å². The number of fused-ring (bicyclic) bond motifs is 2. The second-order valence-corrected chi connectivity index (χ2v) is 11.5. The molecule has 2 saturated carbocycles. The Morgan fingerprint density at radius 1 is 1.13 bits per heavy atom. The summed E-state index contributed by atoms with van der Waals surface area (Å²) in [5, 5.41) is 11.8. The van der Waals surface area contributed by atoms with E-state index in [2.05, 4.69) is 15.5 Å². The van der Waals surface area contributed by atoms with E-state index in [-0.39, 0.29) is 29.5 Å². The minimum atomic E-state index is -4.55. The van der Waals surface area contributed by atoms with E-state index in [1.807, 2.05) is 29.8 Å². The van der Waals surface area contributed by atoms with Crippen LogP contribution in [-0.4, -0.2) is 39.9 Å². The van der Waals surface area contributed by atoms with Crippen LogP contribution in [0.3, 0.4) is 0 Å². The van der Waals surface area contributed by atoms with Crippen molar-refractivity contribution < 1.29 is 22.7 Å². The number of hydrogen-bond acceptors (Lipinski definition) is 5. The van der Waals surface area contributed by atoms with Gasteiger partial charge in [0.1, 0.15) is 12.2 Å². The Bertz CT molecular complexity index is 1420. The zero-order valence-electron chi connectivity index (χ0n) is 21.6. The first-order valence-corrected chi connectivity index (χ1v) is 13.6. The molecule has 2 aromatic carbocycles. The molecule has 1 unspecified atom stereocenters. The first-order valence-electron chi connectivity index (χ1n) is 13.6. The predicted octanol–water partition coefficient (Wildman–Crippen LogP) is 4.66. The first kappa shape index (κ1) is 24.8. The molecule has 3 heterocycles. The Kier molecular flexibility index (Phi) is 5.82. The van der Waals surface area contributed by atoms with Gasteiger partial charge in [-0.1, -0.05) is 12.1 Å². The van der Waals surface area contributed by atoms with Gasteiger partial charge in [0.05, 0.1) is 31.2 Å². The Morgan fingerprint density at radius 2 is 1.92 bits per heavy atom. The van der Waals surface area contributed by atoms with Crippen LogP contribution < -0.4 is 10.2 Å². The number of halogens is 3. The minimum Gasteiger partial charge on any atom is -0.381 e. The van der Waals surface area contributed by atoms with Crippen LogP contribution in [0.4, 0.5) is 18.9 Å². The number of hydrogen-bond donors (Lipinski definition) is 1. The molecule has 3 fully saturated rings. The number of benzene rings is 2. The standard InChI is InChI=1S/C29H30F3N5O2/c1-36-15-34-35-27(36)26(20-13-39-14-20)17-3-2-4-22(10-17)37-12-24-23(28(37)38)5-16(6-25(24)29(30,31)32)11-33-21-8-18-7-19(18)9-21/h2-6,10,15,18-21,26,33H,7-9,11-14H2,1H3/t18-,19+,21+,26?. The molecule has 4 atom stereocenters. The molecule has 0 bridgehead atoms. The Hall–Kier alpha value is -3.24. The number of ether oxygens (including phenoxy) is 1. The van der Waals surface area contributed by atoms with E-state index in [1.54, 1.807) is 18.5 Å². The molecular formula is C29H30F3N5O2. The summed E-state index contributed by atoms with van der Waals surface area (Å²) in [5.41, 5.74) is 1.45. The second kappa shape index (κ2) is 9.16. The summed E-state index contributed by atoms with van der Waals surface area (Å²) in [6.45, 7) is 1.38. The SMILES string of the molecule is Cn1cnnc1C(c1cccc(N2Cc3c(cc(CN[C@@H]4C[C@@H]5C[C@@H]5C4)cc3C(F)(F)F)C2=O)c1)C1COC1. The molecule has 10 heteroatoms. The number of rotatable bonds is 7. The summed E-state index contributed by atoms with van der Waals surface area (Å²) < 4.78 is 49.9. The van der Waals surface area contributed by atoms with Crippen LogP contribution in [0, 0.1) is 17.8 Å². The van der Waals surface area contributed by atoms with Crippen LogP contribution in [0.15, 0.2) is 42.7 Å². The molecule has 1 aromatic heterocycles. The number of aromatic nitrogens is 3. The van der Waals surface area contributed by atoms with Gasteiger partial charge in [0.25, 0.3) is 5.91 Å². The van der Waals surface area contributed by atoms with Crippen molar-refractivity contribution in [2.75, 3.05) is 18.1 Å². The maximum absolute atomic E-state index is 14.2. The van der Waals surface area contributed by atoms with Crippen LogP contribution in [0.25, 0.3) is 0 Å². The number of carbonyl (C=O) groups excluding carboxylic acids is 1. The van der Waals surface area contributed by atoms with E-state index in [0.717, 1.165) is 36.1 Å². The van der Waals surface area contributed by atoms with Crippen molar-refractivity contribution in [2.45, 2.75) is 50.5 Å². The summed E-state index contributed by atoms with van der Waals surface area (Å²) in [4.78, 5) is 15.0. The maximum Gasteiger partial charge on any atom is 0.416 e. The van der Waals surface area contributed by atoms with Gasteiger partial charge in [0.15, 0.2) is 0 Å². The highest BCUT2D eigenvalue weighted by atomic mass is 19.4. The molecule has 7 rings (SSSR count). The summed E-state index contributed by atoms with van der Waals surface area (Å²) in [5.74, 6) is 2.04. The van der Waals surface area contributed by atoms with E-state index in [0.29, 0.717) is 37.1 Å². The lowest BCUT2D eigenvalue weighted by Crippen LogP contribution is -2.35. The molecule has 2 aliphatic heterocycles. The van der Waals surface area contributed by atoms with Gasteiger partial charge in [-0.15, -0.1) is 10.2 Å². The van der Waals surface area contributed by atoms with Crippen LogP contribution in [0.1, 0.15) is 63.6 Å². The summed E-state index contributed by atoms with van der Waals surface area (Å²) >= 11 is 0. The fourth-order valence-electron chi connectivity index (χ4n) is 6.71. The van der Waals surface area contributed by atoms with Gasteiger partial charge in [0.2, 0.25) is 0 Å². The third kappa shape index (κ3) is 4.43. The molecule has 1 saturated heterocycles. The highest BCUT2D eigenvalue weighted by Gasteiger charge is 2.46. The Morgan fingerprint density at radius 3 is 2.59 bits per heavy atom. The van der Waals surface area contributed by atoms with Crippen molar-refractivity contribution in [3.63, 3.8) is 0 Å². The van der Waals surface area contributed by atoms with Gasteiger partial charge < -0.3 is 19.5 Å². The van der Waals surface area contributed by atoms with Gasteiger partial charge >= 0.3 is 6.18 Å². The van der Waals surface area contributed by atoms with Crippen molar-refractivity contribution in [1.82, 2.24) is 20.1 Å². The third-order valence-corrected chi connectivity index (χ3v) is 8.95. The van der Waals surface area contributed by atoms with Crippen LogP contribution in [0.2, 0.25) is 0 Å². The van der Waals surface area contributed by atoms with Crippen molar-refractivity contribution in [3.05, 3.63) is 76.4 Å². The predicted molar refractivity (Wildman–Crippen MR) is 137 cm³/mol. The minimum absolute atomic E-state index is 0.0426. The van der Waals surface area contributed by atoms with E-state index < -0.39 is 17.6 Å². The monoisotopic (exact) mass is 537 g/mol. The molecule has 204 valence electrons. The Balaban J connectivity index is 1.18. The lowest BCUT2D eigenvalue weighted by molar-refractivity contribution is -0.138. The molecule has 3 aromatic rings. The largest absolute Gasteiger partial charge is 0.416 e. The maximum atomic E-state index is 14.2. The molecular weight excluding hydrogens is 507 g/mol. The van der Waals surface area contributed by atoms with Gasteiger partial charge in [-0.05, 0) is 72.1 Å². The normalized spacial score (nSPS) is 25.0. The van der Waals surface area contributed by atoms with Gasteiger partial charge in [-0.2, -0.15) is 13.2 Å². The number of alkyl halides is 3. The number of nitrogens with one attached hydrogen (secondary N) is 1. The van der Waals surface area contributed by atoms with Gasteiger partial charge in [0, 0.05) is 36.8 Å². The van der Waals surface area contributed by atoms with Crippen LogP contribution in [0.5, 0.6) is 0 Å². The third-order valence-electron chi connectivity index (χ3n) is 8.95. The van der Waals surface area contributed by atoms with Gasteiger partial charge in [-0.25, -0.2) is 0 Å². The smallest absolute Gasteiger partial charge is 0.381 e. The average molecular weight is 538 g/mol. The molecule has 39 heavy (non-hydrogen) atoms. The van der Waals surface area contributed by atoms with Crippen molar-refractivity contribution in [2.24, 2.45) is 24.8 Å². The fourth-order valence-corrected chi connectivity index (χ4v) is 6.71. The first-order chi connectivity index (χ1) is 18.8. The summed E-state index contributed by atoms with van der Waals surface area (Å²) in [6, 6.07) is 10.7. The van der Waals surface area contributed by atoms with E-state index >= 15 is 0 Å². The lowest BCUT2D eigenvalue weighted by atomic mass is 9.83. The zero-order valence-corrected chi connectivity index (χ0v) is 21.6. The highest BCUT2D eigenvalue weighted by molar-refractivity contribution is 6.10. The van der Waals surface area contributed by atoms with Crippen LogP contribution >= 0.6 is 0 Å². The van der Waals surface area contributed by atoms with Gasteiger partial charge in [-0.3, -0.25) is 4.79 Å². The number of carbonyl (C=O) groups is 1. The number of aryl methyl sites for hydroxylation is 1. The topological polar surface area (TPSA) is 72.3 Å². The molecule has 2 aliphatic carbocycles. The number of nitrogens with zero attached hydrogens (tertiary/aromatic N) is 4. The van der Waals surface area contributed by atoms with E-state index in [9.17, 15) is 18.0 Å². The zero-order chi connectivity index (χ0) is 26.9. The summed E-state index contributed by atoms with van der Waals surface area (Å²) in [7, 11) is 1.88.